The maximum absolute atomic E-state index is 14.9. The van der Waals surface area contributed by atoms with Gasteiger partial charge >= 0.3 is 0 Å². The second-order valence-corrected chi connectivity index (χ2v) is 11.1. The number of rotatable bonds is 11. The van der Waals surface area contributed by atoms with Gasteiger partial charge in [0.2, 0.25) is 17.8 Å². The summed E-state index contributed by atoms with van der Waals surface area (Å²) in [5.74, 6) is 0.797. The van der Waals surface area contributed by atoms with E-state index in [1.54, 1.807) is 21.1 Å². The SMILES string of the molecule is CCNC(=O)CN1CCN(c2ccc(Nc3nc(Nc4ccc(N5CCN(C(C)=O)CC5)cc4OC)ncc3F)c(OC)c2)CC1. The second kappa shape index (κ2) is 15.0. The van der Waals surface area contributed by atoms with Crippen LogP contribution in [0.1, 0.15) is 13.8 Å². The zero-order valence-electron chi connectivity index (χ0n) is 26.8. The first-order valence-electron chi connectivity index (χ1n) is 15.4. The Labute approximate surface area is 268 Å². The minimum absolute atomic E-state index is 0.0125. The van der Waals surface area contributed by atoms with E-state index in [0.29, 0.717) is 49.1 Å². The summed E-state index contributed by atoms with van der Waals surface area (Å²) >= 11 is 0. The van der Waals surface area contributed by atoms with Gasteiger partial charge in [0.25, 0.3) is 0 Å². The third kappa shape index (κ3) is 7.86. The maximum atomic E-state index is 14.9. The quantitative estimate of drug-likeness (QED) is 0.288. The lowest BCUT2D eigenvalue weighted by molar-refractivity contribution is -0.129. The van der Waals surface area contributed by atoms with Crippen molar-refractivity contribution in [1.82, 2.24) is 25.1 Å². The van der Waals surface area contributed by atoms with E-state index in [1.165, 1.54) is 0 Å². The normalized spacial score (nSPS) is 15.4. The van der Waals surface area contributed by atoms with Gasteiger partial charge in [-0.3, -0.25) is 14.5 Å². The van der Waals surface area contributed by atoms with Gasteiger partial charge in [0.1, 0.15) is 11.5 Å². The molecule has 1 aromatic heterocycles. The number of ether oxygens (including phenoxy) is 2. The Bertz CT molecular complexity index is 1530. The molecule has 2 fully saturated rings. The number of piperazine rings is 2. The predicted octanol–water partition coefficient (Wildman–Crippen LogP) is 3.05. The van der Waals surface area contributed by atoms with Gasteiger partial charge in [-0.2, -0.15) is 4.98 Å². The fourth-order valence-electron chi connectivity index (χ4n) is 5.62. The summed E-state index contributed by atoms with van der Waals surface area (Å²) in [7, 11) is 3.15. The average Bonchev–Trinajstić information content (AvgIpc) is 3.07. The first-order valence-corrected chi connectivity index (χ1v) is 15.4. The molecular weight excluding hydrogens is 593 g/mol. The van der Waals surface area contributed by atoms with Crippen molar-refractivity contribution in [3.05, 3.63) is 48.4 Å². The van der Waals surface area contributed by atoms with Crippen molar-refractivity contribution in [3.63, 3.8) is 0 Å². The van der Waals surface area contributed by atoms with Gasteiger partial charge in [-0.1, -0.05) is 0 Å². The van der Waals surface area contributed by atoms with E-state index in [2.05, 4.69) is 40.6 Å². The van der Waals surface area contributed by atoms with Crippen LogP contribution >= 0.6 is 0 Å². The largest absolute Gasteiger partial charge is 0.494 e. The van der Waals surface area contributed by atoms with E-state index in [0.717, 1.165) is 56.8 Å². The first-order chi connectivity index (χ1) is 22.3. The predicted molar refractivity (Wildman–Crippen MR) is 176 cm³/mol. The number of nitrogens with one attached hydrogen (secondary N) is 3. The van der Waals surface area contributed by atoms with Gasteiger partial charge in [-0.25, -0.2) is 9.37 Å². The van der Waals surface area contributed by atoms with Crippen LogP contribution in [-0.2, 0) is 9.59 Å². The van der Waals surface area contributed by atoms with Gasteiger partial charge in [0, 0.05) is 89.3 Å². The molecule has 246 valence electrons. The topological polar surface area (TPSA) is 127 Å². The minimum Gasteiger partial charge on any atom is -0.494 e. The molecule has 3 heterocycles. The molecule has 2 aliphatic rings. The van der Waals surface area contributed by atoms with Crippen molar-refractivity contribution in [2.45, 2.75) is 13.8 Å². The van der Waals surface area contributed by atoms with Gasteiger partial charge in [-0.05, 0) is 31.2 Å². The van der Waals surface area contributed by atoms with Gasteiger partial charge in [-0.15, -0.1) is 0 Å². The number of carbonyl (C=O) groups is 2. The molecule has 46 heavy (non-hydrogen) atoms. The van der Waals surface area contributed by atoms with Crippen molar-refractivity contribution in [3.8, 4) is 11.5 Å². The van der Waals surface area contributed by atoms with Gasteiger partial charge < -0.3 is 40.1 Å². The summed E-state index contributed by atoms with van der Waals surface area (Å²) < 4.78 is 26.2. The van der Waals surface area contributed by atoms with E-state index in [4.69, 9.17) is 9.47 Å². The monoisotopic (exact) mass is 635 g/mol. The Morgan fingerprint density at radius 1 is 0.848 bits per heavy atom. The van der Waals surface area contributed by atoms with Crippen LogP contribution in [0.5, 0.6) is 11.5 Å². The molecule has 14 heteroatoms. The van der Waals surface area contributed by atoms with Gasteiger partial charge in [0.15, 0.2) is 11.6 Å². The molecule has 0 saturated carbocycles. The Morgan fingerprint density at radius 3 is 1.96 bits per heavy atom. The molecule has 0 spiro atoms. The molecule has 2 aliphatic heterocycles. The number of likely N-dealkylation sites (N-methyl/N-ethyl adjacent to an activating group) is 1. The number of carbonyl (C=O) groups excluding carboxylic acids is 2. The third-order valence-corrected chi connectivity index (χ3v) is 8.18. The molecule has 0 bridgehead atoms. The molecule has 2 aromatic carbocycles. The molecule has 3 N–H and O–H groups in total. The van der Waals surface area contributed by atoms with E-state index in [9.17, 15) is 14.0 Å². The highest BCUT2D eigenvalue weighted by Gasteiger charge is 2.22. The summed E-state index contributed by atoms with van der Waals surface area (Å²) in [6.07, 6.45) is 1.11. The van der Waals surface area contributed by atoms with E-state index in [1.807, 2.05) is 48.2 Å². The lowest BCUT2D eigenvalue weighted by Gasteiger charge is -2.36. The van der Waals surface area contributed by atoms with Crippen LogP contribution in [0.3, 0.4) is 0 Å². The maximum Gasteiger partial charge on any atom is 0.234 e. The van der Waals surface area contributed by atoms with Crippen molar-refractivity contribution >= 4 is 46.3 Å². The number of nitrogens with zero attached hydrogens (tertiary/aromatic N) is 6. The van der Waals surface area contributed by atoms with E-state index >= 15 is 0 Å². The molecule has 13 nitrogen and oxygen atoms in total. The standard InChI is InChI=1S/C32H42FN9O4/c1-5-34-30(44)21-39-10-12-41(13-11-39)23-6-8-26(28(18-23)45-3)36-31-25(33)20-35-32(38-31)37-27-9-7-24(19-29(27)46-4)42-16-14-40(15-17-42)22(2)43/h6-9,18-20H,5,10-17,21H2,1-4H3,(H,34,44)(H2,35,36,37,38). The van der Waals surface area contributed by atoms with E-state index < -0.39 is 5.82 Å². The number of benzene rings is 2. The number of halogens is 1. The Balaban J connectivity index is 1.24. The Hall–Kier alpha value is -4.85. The minimum atomic E-state index is -0.619. The summed E-state index contributed by atoms with van der Waals surface area (Å²) in [5, 5.41) is 9.04. The highest BCUT2D eigenvalue weighted by atomic mass is 19.1. The molecule has 2 saturated heterocycles. The highest BCUT2D eigenvalue weighted by Crippen LogP contribution is 2.34. The Morgan fingerprint density at radius 2 is 1.41 bits per heavy atom. The second-order valence-electron chi connectivity index (χ2n) is 11.1. The van der Waals surface area contributed by atoms with Crippen LogP contribution in [0, 0.1) is 5.82 Å². The number of amides is 2. The molecule has 0 radical (unpaired) electrons. The van der Waals surface area contributed by atoms with Crippen LogP contribution in [0.4, 0.5) is 38.9 Å². The molecule has 2 amide bonds. The molecule has 0 aliphatic carbocycles. The smallest absolute Gasteiger partial charge is 0.234 e. The average molecular weight is 636 g/mol. The number of methoxy groups -OCH3 is 2. The summed E-state index contributed by atoms with van der Waals surface area (Å²) in [5.41, 5.74) is 3.13. The van der Waals surface area contributed by atoms with Gasteiger partial charge in [0.05, 0.1) is 38.3 Å². The number of hydrogen-bond acceptors (Lipinski definition) is 11. The Kier molecular flexibility index (Phi) is 10.6. The van der Waals surface area contributed by atoms with E-state index in [-0.39, 0.29) is 23.6 Å². The lowest BCUT2D eigenvalue weighted by Crippen LogP contribution is -2.49. The molecule has 3 aromatic rings. The number of hydrogen-bond donors (Lipinski definition) is 3. The van der Waals surface area contributed by atoms with Crippen molar-refractivity contribution in [1.29, 1.82) is 0 Å². The molecule has 0 unspecified atom stereocenters. The van der Waals surface area contributed by atoms with Crippen molar-refractivity contribution < 1.29 is 23.5 Å². The fraction of sp³-hybridized carbons (Fsp3) is 0.438. The van der Waals surface area contributed by atoms with Crippen LogP contribution < -0.4 is 35.2 Å². The zero-order chi connectivity index (χ0) is 32.6. The van der Waals surface area contributed by atoms with Crippen LogP contribution in [0.15, 0.2) is 42.6 Å². The molecule has 0 atom stereocenters. The molecular formula is C32H42FN9O4. The van der Waals surface area contributed by atoms with Crippen LogP contribution in [-0.4, -0.2) is 111 Å². The van der Waals surface area contributed by atoms with Crippen molar-refractivity contribution in [2.75, 3.05) is 100 Å². The summed E-state index contributed by atoms with van der Waals surface area (Å²) in [6.45, 7) is 10.4. The highest BCUT2D eigenvalue weighted by molar-refractivity contribution is 5.78. The van der Waals surface area contributed by atoms with Crippen LogP contribution in [0.25, 0.3) is 0 Å². The third-order valence-electron chi connectivity index (χ3n) is 8.18. The lowest BCUT2D eigenvalue weighted by atomic mass is 10.2. The summed E-state index contributed by atoms with van der Waals surface area (Å²) in [4.78, 5) is 40.6. The number of anilines is 6. The number of aromatic nitrogens is 2. The summed E-state index contributed by atoms with van der Waals surface area (Å²) in [6, 6.07) is 11.5. The fourth-order valence-corrected chi connectivity index (χ4v) is 5.62. The van der Waals surface area contributed by atoms with Crippen molar-refractivity contribution in [2.24, 2.45) is 0 Å². The molecule has 5 rings (SSSR count). The first kappa shape index (κ1) is 32.5. The van der Waals surface area contributed by atoms with Crippen LogP contribution in [0.2, 0.25) is 0 Å². The zero-order valence-corrected chi connectivity index (χ0v) is 26.8.